The first kappa shape index (κ1) is 23.8. The molecule has 1 aliphatic rings. The van der Waals surface area contributed by atoms with Gasteiger partial charge in [0.1, 0.15) is 6.29 Å². The van der Waals surface area contributed by atoms with E-state index in [1.807, 2.05) is 0 Å². The van der Waals surface area contributed by atoms with Gasteiger partial charge in [-0.2, -0.15) is 0 Å². The number of allylic oxidation sites excluding steroid dienone is 1. The molecule has 0 radical (unpaired) electrons. The van der Waals surface area contributed by atoms with E-state index < -0.39 is 0 Å². The molecule has 2 N–H and O–H groups in total. The molecule has 1 unspecified atom stereocenters. The summed E-state index contributed by atoms with van der Waals surface area (Å²) in [6.45, 7) is 7.55. The second-order valence-corrected chi connectivity index (χ2v) is 7.33. The lowest BCUT2D eigenvalue weighted by Gasteiger charge is -2.25. The molecule has 0 saturated carbocycles. The number of aryl methyl sites for hydroxylation is 2. The second-order valence-electron chi connectivity index (χ2n) is 7.33. The Kier molecular flexibility index (Phi) is 11.8. The summed E-state index contributed by atoms with van der Waals surface area (Å²) in [6, 6.07) is 16.0. The number of hydrogen-bond acceptors (Lipinski definition) is 2. The molecule has 0 bridgehead atoms. The average Bonchev–Trinajstić information content (AvgIpc) is 2.75. The maximum Gasteiger partial charge on any atom is 0.142 e. The SMILES string of the molecule is C=CC=O.CCCCCC1CCc2cc(-c3ccc(C)cc3)ccc2C1.CN. The fraction of sp³-hybridized carbons (Fsp3) is 0.423. The number of rotatable bonds is 6. The maximum atomic E-state index is 9.06. The van der Waals surface area contributed by atoms with Crippen LogP contribution in [0.3, 0.4) is 0 Å². The van der Waals surface area contributed by atoms with Crippen LogP contribution in [0, 0.1) is 12.8 Å². The van der Waals surface area contributed by atoms with Gasteiger partial charge in [-0.1, -0.05) is 87.2 Å². The zero-order valence-electron chi connectivity index (χ0n) is 17.9. The van der Waals surface area contributed by atoms with Gasteiger partial charge in [-0.3, -0.25) is 4.79 Å². The van der Waals surface area contributed by atoms with Crippen molar-refractivity contribution in [1.29, 1.82) is 0 Å². The molecule has 0 aliphatic heterocycles. The zero-order chi connectivity index (χ0) is 20.8. The van der Waals surface area contributed by atoms with Crippen molar-refractivity contribution in [3.63, 3.8) is 0 Å². The van der Waals surface area contributed by atoms with Gasteiger partial charge in [-0.15, -0.1) is 0 Å². The van der Waals surface area contributed by atoms with Crippen LogP contribution in [-0.2, 0) is 17.6 Å². The van der Waals surface area contributed by atoms with Crippen LogP contribution in [0.2, 0.25) is 0 Å². The Morgan fingerprint density at radius 1 is 1.04 bits per heavy atom. The largest absolute Gasteiger partial charge is 0.333 e. The lowest BCUT2D eigenvalue weighted by atomic mass is 9.80. The van der Waals surface area contributed by atoms with Crippen molar-refractivity contribution >= 4 is 6.29 Å². The van der Waals surface area contributed by atoms with Gasteiger partial charge in [-0.05, 0) is 67.5 Å². The van der Waals surface area contributed by atoms with Crippen molar-refractivity contribution in [2.75, 3.05) is 7.05 Å². The van der Waals surface area contributed by atoms with Crippen LogP contribution in [-0.4, -0.2) is 13.3 Å². The van der Waals surface area contributed by atoms with E-state index in [1.54, 1.807) is 11.1 Å². The Labute approximate surface area is 171 Å². The number of nitrogens with two attached hydrogens (primary N) is 1. The van der Waals surface area contributed by atoms with Crippen LogP contribution < -0.4 is 5.73 Å². The minimum absolute atomic E-state index is 0.639. The zero-order valence-corrected chi connectivity index (χ0v) is 17.9. The van der Waals surface area contributed by atoms with E-state index in [0.29, 0.717) is 6.29 Å². The monoisotopic (exact) mass is 379 g/mol. The number of aldehydes is 1. The molecule has 1 aliphatic carbocycles. The van der Waals surface area contributed by atoms with Crippen molar-refractivity contribution in [1.82, 2.24) is 0 Å². The number of hydrogen-bond donors (Lipinski definition) is 1. The number of unbranched alkanes of at least 4 members (excludes halogenated alkanes) is 2. The molecule has 2 nitrogen and oxygen atoms in total. The molecule has 2 aromatic rings. The van der Waals surface area contributed by atoms with E-state index >= 15 is 0 Å². The Bertz CT molecular complexity index is 697. The van der Waals surface area contributed by atoms with Gasteiger partial charge in [0.15, 0.2) is 0 Å². The van der Waals surface area contributed by atoms with Gasteiger partial charge in [-0.25, -0.2) is 0 Å². The number of fused-ring (bicyclic) bond motifs is 1. The lowest BCUT2D eigenvalue weighted by Crippen LogP contribution is -2.14. The minimum Gasteiger partial charge on any atom is -0.333 e. The second kappa shape index (κ2) is 13.9. The third kappa shape index (κ3) is 7.82. The standard InChI is InChI=1S/C22H28.C3H4O.CH5N/c1-3-4-5-6-18-9-12-22-16-21(14-13-20(22)15-18)19-10-7-17(2)8-11-19;1-2-3-4;1-2/h7-8,10-11,13-14,16,18H,3-6,9,12,15H2,1-2H3;2-3H,1H2;2H2,1H3. The summed E-state index contributed by atoms with van der Waals surface area (Å²) in [7, 11) is 1.50. The number of benzene rings is 2. The summed E-state index contributed by atoms with van der Waals surface area (Å²) < 4.78 is 0. The molecule has 28 heavy (non-hydrogen) atoms. The highest BCUT2D eigenvalue weighted by atomic mass is 16.1. The van der Waals surface area contributed by atoms with Crippen molar-refractivity contribution in [2.45, 2.75) is 58.8 Å². The number of carbonyl (C=O) groups excluding carboxylic acids is 1. The predicted octanol–water partition coefficient (Wildman–Crippen LogP) is 6.29. The smallest absolute Gasteiger partial charge is 0.142 e. The van der Waals surface area contributed by atoms with Crippen molar-refractivity contribution < 1.29 is 4.79 Å². The van der Waals surface area contributed by atoms with E-state index in [9.17, 15) is 0 Å². The van der Waals surface area contributed by atoms with Crippen LogP contribution in [0.15, 0.2) is 55.1 Å². The predicted molar refractivity (Wildman–Crippen MR) is 123 cm³/mol. The molecule has 0 amide bonds. The van der Waals surface area contributed by atoms with Gasteiger partial charge in [0.25, 0.3) is 0 Å². The van der Waals surface area contributed by atoms with Gasteiger partial charge >= 0.3 is 0 Å². The van der Waals surface area contributed by atoms with Crippen LogP contribution in [0.25, 0.3) is 11.1 Å². The molecule has 0 spiro atoms. The summed E-state index contributed by atoms with van der Waals surface area (Å²) in [5.74, 6) is 0.921. The highest BCUT2D eigenvalue weighted by Crippen LogP contribution is 2.32. The third-order valence-electron chi connectivity index (χ3n) is 5.23. The molecular formula is C26H37NO. The first-order chi connectivity index (χ1) is 13.7. The summed E-state index contributed by atoms with van der Waals surface area (Å²) in [5.41, 5.74) is 11.7. The van der Waals surface area contributed by atoms with E-state index in [1.165, 1.54) is 74.8 Å². The Hall–Kier alpha value is -2.19. The average molecular weight is 380 g/mol. The van der Waals surface area contributed by atoms with Gasteiger partial charge < -0.3 is 5.73 Å². The van der Waals surface area contributed by atoms with E-state index in [2.05, 4.69) is 68.6 Å². The summed E-state index contributed by atoms with van der Waals surface area (Å²) >= 11 is 0. The maximum absolute atomic E-state index is 9.06. The first-order valence-electron chi connectivity index (χ1n) is 10.5. The minimum atomic E-state index is 0.639. The fourth-order valence-electron chi connectivity index (χ4n) is 3.69. The molecular weight excluding hydrogens is 342 g/mol. The van der Waals surface area contributed by atoms with Gasteiger partial charge in [0.05, 0.1) is 0 Å². The van der Waals surface area contributed by atoms with Crippen molar-refractivity contribution in [3.8, 4) is 11.1 Å². The molecule has 152 valence electrons. The molecule has 0 heterocycles. The van der Waals surface area contributed by atoms with Crippen molar-refractivity contribution in [2.24, 2.45) is 11.7 Å². The lowest BCUT2D eigenvalue weighted by molar-refractivity contribution is -0.104. The Morgan fingerprint density at radius 2 is 1.68 bits per heavy atom. The Morgan fingerprint density at radius 3 is 2.29 bits per heavy atom. The highest BCUT2D eigenvalue weighted by molar-refractivity contribution is 5.65. The molecule has 1 atom stereocenters. The molecule has 0 aromatic heterocycles. The molecule has 2 aromatic carbocycles. The van der Waals surface area contributed by atoms with E-state index in [-0.39, 0.29) is 0 Å². The summed E-state index contributed by atoms with van der Waals surface area (Å²) in [6.07, 6.45) is 11.4. The summed E-state index contributed by atoms with van der Waals surface area (Å²) in [4.78, 5) is 9.06. The highest BCUT2D eigenvalue weighted by Gasteiger charge is 2.18. The molecule has 0 fully saturated rings. The topological polar surface area (TPSA) is 43.1 Å². The summed E-state index contributed by atoms with van der Waals surface area (Å²) in [5, 5.41) is 0. The van der Waals surface area contributed by atoms with Gasteiger partial charge in [0, 0.05) is 0 Å². The van der Waals surface area contributed by atoms with Crippen LogP contribution in [0.4, 0.5) is 0 Å². The Balaban J connectivity index is 0.000000583. The molecule has 0 saturated heterocycles. The molecule has 3 rings (SSSR count). The number of carbonyl (C=O) groups is 1. The van der Waals surface area contributed by atoms with Crippen LogP contribution in [0.1, 0.15) is 55.7 Å². The van der Waals surface area contributed by atoms with Crippen LogP contribution in [0.5, 0.6) is 0 Å². The fourth-order valence-corrected chi connectivity index (χ4v) is 3.69. The molecule has 2 heteroatoms. The quantitative estimate of drug-likeness (QED) is 0.364. The normalized spacial score (nSPS) is 14.5. The first-order valence-corrected chi connectivity index (χ1v) is 10.5. The van der Waals surface area contributed by atoms with Crippen molar-refractivity contribution in [3.05, 3.63) is 71.8 Å². The van der Waals surface area contributed by atoms with E-state index in [4.69, 9.17) is 4.79 Å². The van der Waals surface area contributed by atoms with Crippen LogP contribution >= 0.6 is 0 Å². The third-order valence-corrected chi connectivity index (χ3v) is 5.23. The van der Waals surface area contributed by atoms with E-state index in [0.717, 1.165) is 5.92 Å². The van der Waals surface area contributed by atoms with Gasteiger partial charge in [0.2, 0.25) is 0 Å².